The van der Waals surface area contributed by atoms with Gasteiger partial charge >= 0.3 is 6.18 Å². The zero-order valence-corrected chi connectivity index (χ0v) is 12.0. The molecule has 2 atom stereocenters. The molecule has 0 fully saturated rings. The number of benzene rings is 1. The van der Waals surface area contributed by atoms with Gasteiger partial charge in [0.15, 0.2) is 17.4 Å². The maximum Gasteiger partial charge on any atom is 0.405 e. The molecule has 2 unspecified atom stereocenters. The molecule has 1 rings (SSSR count). The topological polar surface area (TPSA) is 54.3 Å². The largest absolute Gasteiger partial charge is 0.493 e. The quantitative estimate of drug-likeness (QED) is 0.877. The fourth-order valence-corrected chi connectivity index (χ4v) is 1.77. The molecule has 0 amide bonds. The second kappa shape index (κ2) is 7.18. The van der Waals surface area contributed by atoms with Crippen molar-refractivity contribution in [1.29, 1.82) is 5.26 Å². The molecule has 116 valence electrons. The minimum absolute atomic E-state index is 0.358. The van der Waals surface area contributed by atoms with Gasteiger partial charge in [-0.2, -0.15) is 18.4 Å². The fraction of sp³-hybridized carbons (Fsp3) is 0.500. The first kappa shape index (κ1) is 17.1. The number of nitrogens with zero attached hydrogens (tertiary/aromatic N) is 1. The molecular weight excluding hydrogens is 285 g/mol. The van der Waals surface area contributed by atoms with E-state index in [-0.39, 0.29) is 6.04 Å². The summed E-state index contributed by atoms with van der Waals surface area (Å²) in [5.74, 6) is -0.991. The summed E-state index contributed by atoms with van der Waals surface area (Å²) >= 11 is 0. The van der Waals surface area contributed by atoms with Gasteiger partial charge in [-0.1, -0.05) is 6.07 Å². The predicted molar refractivity (Wildman–Crippen MR) is 71.1 cm³/mol. The standard InChI is InChI=1S/C14H17F3N2O2/c1-9(19-8-11(7-18)14(15,16)17)10-4-5-12(20-2)13(6-10)21-3/h4-6,9,11,19H,8H2,1-3H3. The first-order valence-electron chi connectivity index (χ1n) is 6.25. The fourth-order valence-electron chi connectivity index (χ4n) is 1.77. The summed E-state index contributed by atoms with van der Waals surface area (Å²) < 4.78 is 47.7. The van der Waals surface area contributed by atoms with Gasteiger partial charge in [-0.15, -0.1) is 0 Å². The molecule has 0 spiro atoms. The Morgan fingerprint density at radius 2 is 1.86 bits per heavy atom. The van der Waals surface area contributed by atoms with Crippen LogP contribution in [0.5, 0.6) is 11.5 Å². The number of nitriles is 1. The lowest BCUT2D eigenvalue weighted by atomic mass is 10.1. The highest BCUT2D eigenvalue weighted by molar-refractivity contribution is 5.43. The zero-order chi connectivity index (χ0) is 16.0. The van der Waals surface area contributed by atoms with Gasteiger partial charge in [0.05, 0.1) is 20.3 Å². The number of hydrogen-bond donors (Lipinski definition) is 1. The molecule has 7 heteroatoms. The van der Waals surface area contributed by atoms with Crippen molar-refractivity contribution in [3.8, 4) is 17.6 Å². The summed E-state index contributed by atoms with van der Waals surface area (Å²) in [7, 11) is 2.98. The highest BCUT2D eigenvalue weighted by Gasteiger charge is 2.39. The third kappa shape index (κ3) is 4.53. The highest BCUT2D eigenvalue weighted by atomic mass is 19.4. The van der Waals surface area contributed by atoms with E-state index in [9.17, 15) is 13.2 Å². The monoisotopic (exact) mass is 302 g/mol. The number of ether oxygens (including phenoxy) is 2. The summed E-state index contributed by atoms with van der Waals surface area (Å²) in [6.07, 6.45) is -4.53. The Labute approximate surface area is 121 Å². The van der Waals surface area contributed by atoms with Gasteiger partial charge in [0.2, 0.25) is 0 Å². The van der Waals surface area contributed by atoms with Crippen LogP contribution in [0.1, 0.15) is 18.5 Å². The summed E-state index contributed by atoms with van der Waals surface area (Å²) in [5, 5.41) is 11.3. The van der Waals surface area contributed by atoms with Crippen LogP contribution in [0.2, 0.25) is 0 Å². The van der Waals surface area contributed by atoms with E-state index in [1.165, 1.54) is 20.3 Å². The molecule has 21 heavy (non-hydrogen) atoms. The molecule has 0 aliphatic heterocycles. The van der Waals surface area contributed by atoms with Gasteiger partial charge < -0.3 is 14.8 Å². The van der Waals surface area contributed by atoms with Crippen molar-refractivity contribution in [2.75, 3.05) is 20.8 Å². The first-order chi connectivity index (χ1) is 9.83. The molecule has 1 N–H and O–H groups in total. The molecule has 1 aromatic rings. The van der Waals surface area contributed by atoms with Crippen LogP contribution in [-0.4, -0.2) is 26.9 Å². The molecule has 0 saturated heterocycles. The van der Waals surface area contributed by atoms with Gasteiger partial charge in [0, 0.05) is 12.6 Å². The van der Waals surface area contributed by atoms with Crippen LogP contribution in [0.3, 0.4) is 0 Å². The summed E-state index contributed by atoms with van der Waals surface area (Å²) in [5.41, 5.74) is 0.742. The number of rotatable bonds is 6. The van der Waals surface area contributed by atoms with Gasteiger partial charge in [0.25, 0.3) is 0 Å². The highest BCUT2D eigenvalue weighted by Crippen LogP contribution is 2.30. The minimum atomic E-state index is -4.53. The van der Waals surface area contributed by atoms with Crippen LogP contribution in [0.15, 0.2) is 18.2 Å². The van der Waals surface area contributed by atoms with E-state index >= 15 is 0 Å². The Morgan fingerprint density at radius 3 is 2.33 bits per heavy atom. The van der Waals surface area contributed by atoms with Crippen molar-refractivity contribution in [3.05, 3.63) is 23.8 Å². The second-order valence-electron chi connectivity index (χ2n) is 4.47. The van der Waals surface area contributed by atoms with Crippen LogP contribution in [0.4, 0.5) is 13.2 Å². The molecule has 0 aliphatic rings. The van der Waals surface area contributed by atoms with Crippen LogP contribution < -0.4 is 14.8 Å². The lowest BCUT2D eigenvalue weighted by Gasteiger charge is -2.19. The van der Waals surface area contributed by atoms with Gasteiger partial charge in [0.1, 0.15) is 0 Å². The Morgan fingerprint density at radius 1 is 1.24 bits per heavy atom. The molecule has 0 aromatic heterocycles. The number of methoxy groups -OCH3 is 2. The van der Waals surface area contributed by atoms with E-state index in [1.807, 2.05) is 0 Å². The number of nitrogens with one attached hydrogen (secondary N) is 1. The Balaban J connectivity index is 2.76. The maximum atomic E-state index is 12.5. The van der Waals surface area contributed by atoms with Crippen LogP contribution in [0.25, 0.3) is 0 Å². The van der Waals surface area contributed by atoms with Crippen molar-refractivity contribution >= 4 is 0 Å². The Kier molecular flexibility index (Phi) is 5.85. The third-order valence-electron chi connectivity index (χ3n) is 3.09. The van der Waals surface area contributed by atoms with E-state index in [0.717, 1.165) is 5.56 Å². The number of hydrogen-bond acceptors (Lipinski definition) is 4. The van der Waals surface area contributed by atoms with Crippen molar-refractivity contribution < 1.29 is 22.6 Å². The Bertz CT molecular complexity index is 512. The lowest BCUT2D eigenvalue weighted by Crippen LogP contribution is -2.33. The maximum absolute atomic E-state index is 12.5. The van der Waals surface area contributed by atoms with Crippen molar-refractivity contribution in [2.24, 2.45) is 5.92 Å². The van der Waals surface area contributed by atoms with Crippen LogP contribution >= 0.6 is 0 Å². The molecule has 1 aromatic carbocycles. The second-order valence-corrected chi connectivity index (χ2v) is 4.47. The van der Waals surface area contributed by atoms with Crippen molar-refractivity contribution in [3.63, 3.8) is 0 Å². The lowest BCUT2D eigenvalue weighted by molar-refractivity contribution is -0.157. The normalized spacial score (nSPS) is 14.1. The average molecular weight is 302 g/mol. The average Bonchev–Trinajstić information content (AvgIpc) is 2.45. The van der Waals surface area contributed by atoms with Crippen LogP contribution in [-0.2, 0) is 0 Å². The summed E-state index contributed by atoms with van der Waals surface area (Å²) in [4.78, 5) is 0. The summed E-state index contributed by atoms with van der Waals surface area (Å²) in [6.45, 7) is 1.25. The van der Waals surface area contributed by atoms with Gasteiger partial charge in [-0.05, 0) is 24.6 Å². The number of halogens is 3. The molecular formula is C14H17F3N2O2. The van der Waals surface area contributed by atoms with Gasteiger partial charge in [-0.3, -0.25) is 0 Å². The summed E-state index contributed by atoms with van der Waals surface area (Å²) in [6, 6.07) is 5.99. The predicted octanol–water partition coefficient (Wildman–Crippen LogP) is 3.06. The molecule has 0 saturated carbocycles. The van der Waals surface area contributed by atoms with E-state index in [0.29, 0.717) is 11.5 Å². The van der Waals surface area contributed by atoms with Crippen LogP contribution in [0, 0.1) is 17.2 Å². The van der Waals surface area contributed by atoms with Crippen molar-refractivity contribution in [1.82, 2.24) is 5.32 Å². The van der Waals surface area contributed by atoms with E-state index in [2.05, 4.69) is 5.32 Å². The van der Waals surface area contributed by atoms with Gasteiger partial charge in [-0.25, -0.2) is 0 Å². The molecule has 0 heterocycles. The van der Waals surface area contributed by atoms with Crippen molar-refractivity contribution in [2.45, 2.75) is 19.1 Å². The molecule has 0 radical (unpaired) electrons. The SMILES string of the molecule is COc1ccc(C(C)NCC(C#N)C(F)(F)F)cc1OC. The third-order valence-corrected chi connectivity index (χ3v) is 3.09. The molecule has 4 nitrogen and oxygen atoms in total. The minimum Gasteiger partial charge on any atom is -0.493 e. The van der Waals surface area contributed by atoms with E-state index < -0.39 is 18.6 Å². The van der Waals surface area contributed by atoms with E-state index in [4.69, 9.17) is 14.7 Å². The molecule has 0 aliphatic carbocycles. The smallest absolute Gasteiger partial charge is 0.405 e. The molecule has 0 bridgehead atoms. The zero-order valence-electron chi connectivity index (χ0n) is 12.0. The first-order valence-corrected chi connectivity index (χ1v) is 6.25. The number of alkyl halides is 3. The Hall–Kier alpha value is -1.94. The van der Waals surface area contributed by atoms with E-state index in [1.54, 1.807) is 25.1 Å².